The monoisotopic (exact) mass is 408 g/mol. The largest absolute Gasteiger partial charge is 0.463 e. The number of hydrogen-bond acceptors (Lipinski definition) is 4. The first-order chi connectivity index (χ1) is 13.9. The van der Waals surface area contributed by atoms with Gasteiger partial charge < -0.3 is 9.47 Å². The van der Waals surface area contributed by atoms with E-state index in [4.69, 9.17) is 9.47 Å². The Hall–Kier alpha value is -1.58. The Balaban J connectivity index is 3.72. The molecule has 0 bridgehead atoms. The van der Waals surface area contributed by atoms with Gasteiger partial charge in [-0.2, -0.15) is 0 Å². The Morgan fingerprint density at radius 3 is 2.24 bits per heavy atom. The zero-order valence-corrected chi connectivity index (χ0v) is 19.5. The van der Waals surface area contributed by atoms with Crippen molar-refractivity contribution in [3.8, 4) is 0 Å². The van der Waals surface area contributed by atoms with Crippen molar-refractivity contribution in [3.63, 3.8) is 0 Å². The highest BCUT2D eigenvalue weighted by Crippen LogP contribution is 2.13. The van der Waals surface area contributed by atoms with Gasteiger partial charge in [-0.15, -0.1) is 0 Å². The highest BCUT2D eigenvalue weighted by molar-refractivity contribution is 5.79. The van der Waals surface area contributed by atoms with Crippen LogP contribution in [0.4, 0.5) is 0 Å². The molecule has 0 spiro atoms. The summed E-state index contributed by atoms with van der Waals surface area (Å²) in [5.41, 5.74) is 0. The Labute approximate surface area is 179 Å². The Kier molecular flexibility index (Phi) is 17.4. The Bertz CT molecular complexity index is 479. The van der Waals surface area contributed by atoms with E-state index in [9.17, 15) is 9.59 Å². The molecule has 0 aromatic rings. The van der Waals surface area contributed by atoms with Crippen LogP contribution in [0.1, 0.15) is 98.8 Å². The lowest BCUT2D eigenvalue weighted by Gasteiger charge is -2.19. The average molecular weight is 409 g/mol. The van der Waals surface area contributed by atoms with Crippen molar-refractivity contribution in [1.82, 2.24) is 0 Å². The molecule has 4 heteroatoms. The molecule has 0 fully saturated rings. The number of unbranched alkanes of at least 4 members (excludes halogenated alkanes) is 5. The molecule has 0 radical (unpaired) electrons. The fourth-order valence-electron chi connectivity index (χ4n) is 3.10. The molecule has 0 amide bonds. The Morgan fingerprint density at radius 2 is 1.59 bits per heavy atom. The van der Waals surface area contributed by atoms with Gasteiger partial charge in [0.1, 0.15) is 0 Å². The van der Waals surface area contributed by atoms with Crippen molar-refractivity contribution in [1.29, 1.82) is 0 Å². The standard InChI is InChI=1S/C25H44O4/c1-6-18-22(5)19-16-14-12-10-8-9-11-13-15-17-20-23(26)29-24(21(3)4)25(27)28-7-2/h10,12,16,19,21-22,24H,6-9,11,13-15,17-18,20H2,1-5H3/b12-10-,19-16-. The van der Waals surface area contributed by atoms with Crippen LogP contribution in [-0.4, -0.2) is 24.6 Å². The van der Waals surface area contributed by atoms with Gasteiger partial charge in [0, 0.05) is 12.3 Å². The molecule has 168 valence electrons. The van der Waals surface area contributed by atoms with E-state index >= 15 is 0 Å². The van der Waals surface area contributed by atoms with Crippen LogP contribution in [0.25, 0.3) is 0 Å². The van der Waals surface area contributed by atoms with E-state index in [1.54, 1.807) is 6.92 Å². The molecule has 4 nitrogen and oxygen atoms in total. The molecule has 0 aromatic heterocycles. The van der Waals surface area contributed by atoms with Crippen LogP contribution in [-0.2, 0) is 19.1 Å². The second kappa shape index (κ2) is 18.4. The molecule has 0 aromatic carbocycles. The fourth-order valence-corrected chi connectivity index (χ4v) is 3.10. The smallest absolute Gasteiger partial charge is 0.347 e. The number of carbonyl (C=O) groups excluding carboxylic acids is 2. The van der Waals surface area contributed by atoms with E-state index in [1.165, 1.54) is 25.7 Å². The highest BCUT2D eigenvalue weighted by atomic mass is 16.6. The van der Waals surface area contributed by atoms with Crippen LogP contribution in [0, 0.1) is 11.8 Å². The maximum Gasteiger partial charge on any atom is 0.347 e. The molecule has 2 unspecified atom stereocenters. The summed E-state index contributed by atoms with van der Waals surface area (Å²) >= 11 is 0. The third-order valence-electron chi connectivity index (χ3n) is 4.78. The lowest BCUT2D eigenvalue weighted by Crippen LogP contribution is -2.33. The third-order valence-corrected chi connectivity index (χ3v) is 4.78. The average Bonchev–Trinajstić information content (AvgIpc) is 2.67. The molecule has 2 atom stereocenters. The lowest BCUT2D eigenvalue weighted by molar-refractivity contribution is -0.170. The molecular formula is C25H44O4. The Morgan fingerprint density at radius 1 is 0.897 bits per heavy atom. The summed E-state index contributed by atoms with van der Waals surface area (Å²) in [4.78, 5) is 23.8. The zero-order chi connectivity index (χ0) is 21.9. The van der Waals surface area contributed by atoms with Gasteiger partial charge in [-0.25, -0.2) is 4.79 Å². The van der Waals surface area contributed by atoms with Gasteiger partial charge in [0.05, 0.1) is 6.61 Å². The van der Waals surface area contributed by atoms with Crippen molar-refractivity contribution in [2.75, 3.05) is 6.61 Å². The summed E-state index contributed by atoms with van der Waals surface area (Å²) in [5.74, 6) is -0.149. The third kappa shape index (κ3) is 16.0. The number of hydrogen-bond donors (Lipinski definition) is 0. The molecule has 0 saturated heterocycles. The second-order valence-electron chi connectivity index (χ2n) is 8.11. The maximum absolute atomic E-state index is 12.0. The van der Waals surface area contributed by atoms with Crippen LogP contribution in [0.2, 0.25) is 0 Å². The van der Waals surface area contributed by atoms with Gasteiger partial charge in [-0.3, -0.25) is 4.79 Å². The molecular weight excluding hydrogens is 364 g/mol. The van der Waals surface area contributed by atoms with Gasteiger partial charge in [0.15, 0.2) is 0 Å². The van der Waals surface area contributed by atoms with Crippen LogP contribution >= 0.6 is 0 Å². The van der Waals surface area contributed by atoms with E-state index in [2.05, 4.69) is 38.2 Å². The van der Waals surface area contributed by atoms with E-state index in [-0.39, 0.29) is 11.9 Å². The summed E-state index contributed by atoms with van der Waals surface area (Å²) in [5, 5.41) is 0. The number of carbonyl (C=O) groups is 2. The molecule has 0 saturated carbocycles. The predicted octanol–water partition coefficient (Wildman–Crippen LogP) is 6.79. The normalized spacial score (nSPS) is 13.9. The molecule has 0 aliphatic heterocycles. The first kappa shape index (κ1) is 27.4. The van der Waals surface area contributed by atoms with E-state index in [0.717, 1.165) is 32.1 Å². The van der Waals surface area contributed by atoms with Crippen LogP contribution in [0.5, 0.6) is 0 Å². The van der Waals surface area contributed by atoms with Crippen molar-refractivity contribution in [2.45, 2.75) is 105 Å². The topological polar surface area (TPSA) is 52.6 Å². The molecule has 0 aliphatic carbocycles. The van der Waals surface area contributed by atoms with Gasteiger partial charge in [0.2, 0.25) is 6.10 Å². The van der Waals surface area contributed by atoms with E-state index in [1.807, 2.05) is 13.8 Å². The minimum Gasteiger partial charge on any atom is -0.463 e. The number of allylic oxidation sites excluding steroid dienone is 4. The maximum atomic E-state index is 12.0. The van der Waals surface area contributed by atoms with Crippen molar-refractivity contribution in [2.24, 2.45) is 11.8 Å². The highest BCUT2D eigenvalue weighted by Gasteiger charge is 2.27. The van der Waals surface area contributed by atoms with Gasteiger partial charge >= 0.3 is 11.9 Å². The SMILES string of the molecule is CCCC(C)/C=C\C/C=C\CCCCCCCC(=O)OC(C(=O)OCC)C(C)C. The summed E-state index contributed by atoms with van der Waals surface area (Å²) in [6, 6.07) is 0. The zero-order valence-electron chi connectivity index (χ0n) is 19.5. The summed E-state index contributed by atoms with van der Waals surface area (Å²) in [7, 11) is 0. The van der Waals surface area contributed by atoms with Gasteiger partial charge in [0.25, 0.3) is 0 Å². The predicted molar refractivity (Wildman–Crippen MR) is 121 cm³/mol. The van der Waals surface area contributed by atoms with Crippen molar-refractivity contribution >= 4 is 11.9 Å². The van der Waals surface area contributed by atoms with E-state index in [0.29, 0.717) is 18.9 Å². The molecule has 29 heavy (non-hydrogen) atoms. The van der Waals surface area contributed by atoms with Gasteiger partial charge in [-0.1, -0.05) is 77.7 Å². The minimum absolute atomic E-state index is 0.0821. The van der Waals surface area contributed by atoms with Crippen LogP contribution in [0.3, 0.4) is 0 Å². The van der Waals surface area contributed by atoms with Gasteiger partial charge in [-0.05, 0) is 44.9 Å². The summed E-state index contributed by atoms with van der Waals surface area (Å²) in [6.45, 7) is 10.2. The van der Waals surface area contributed by atoms with E-state index < -0.39 is 12.1 Å². The number of ether oxygens (including phenoxy) is 2. The van der Waals surface area contributed by atoms with Crippen molar-refractivity contribution in [3.05, 3.63) is 24.3 Å². The molecule has 0 aliphatic rings. The second-order valence-corrected chi connectivity index (χ2v) is 8.11. The summed E-state index contributed by atoms with van der Waals surface area (Å²) < 4.78 is 10.3. The summed E-state index contributed by atoms with van der Waals surface area (Å²) in [6.07, 6.45) is 18.7. The van der Waals surface area contributed by atoms with Crippen LogP contribution in [0.15, 0.2) is 24.3 Å². The first-order valence-corrected chi connectivity index (χ1v) is 11.6. The quantitative estimate of drug-likeness (QED) is 0.151. The molecule has 0 heterocycles. The minimum atomic E-state index is -0.793. The van der Waals surface area contributed by atoms with Crippen molar-refractivity contribution < 1.29 is 19.1 Å². The first-order valence-electron chi connectivity index (χ1n) is 11.6. The molecule has 0 rings (SSSR count). The molecule has 0 N–H and O–H groups in total. The van der Waals surface area contributed by atoms with Crippen LogP contribution < -0.4 is 0 Å². The number of rotatable bonds is 17. The lowest BCUT2D eigenvalue weighted by atomic mass is 10.1. The fraction of sp³-hybridized carbons (Fsp3) is 0.760. The number of esters is 2.